The second-order valence-electron chi connectivity index (χ2n) is 28.2. The molecule has 494 valence electrons. The van der Waals surface area contributed by atoms with E-state index in [2.05, 4.69) is 99.3 Å². The maximum Gasteiger partial charge on any atom is 0.159 e. The Bertz CT molecular complexity index is 2130. The minimum atomic E-state index is -0.972. The summed E-state index contributed by atoms with van der Waals surface area (Å²) in [5, 5.41) is 9.30. The van der Waals surface area contributed by atoms with Crippen molar-refractivity contribution in [3.63, 3.8) is 0 Å². The van der Waals surface area contributed by atoms with E-state index in [0.717, 1.165) is 74.1 Å². The van der Waals surface area contributed by atoms with Crippen LogP contribution in [-0.4, -0.2) is 90.9 Å². The average molecular weight is 1260 g/mol. The third kappa shape index (κ3) is 46.7. The summed E-state index contributed by atoms with van der Waals surface area (Å²) < 4.78 is 22.6. The first-order valence-electron chi connectivity index (χ1n) is 34.2. The van der Waals surface area contributed by atoms with Crippen molar-refractivity contribution in [2.75, 3.05) is 33.5 Å². The molecule has 0 saturated carbocycles. The Morgan fingerprint density at radius 3 is 0.919 bits per heavy atom. The lowest BCUT2D eigenvalue weighted by Crippen LogP contribution is -2.30. The fourth-order valence-electron chi connectivity index (χ4n) is 10.1. The highest BCUT2D eigenvalue weighted by atomic mass is 28.3. The van der Waals surface area contributed by atoms with E-state index in [1.807, 2.05) is 24.3 Å². The third-order valence-corrected chi connectivity index (χ3v) is 27.2. The molecule has 0 radical (unpaired) electrons. The zero-order valence-corrected chi connectivity index (χ0v) is 60.7. The summed E-state index contributed by atoms with van der Waals surface area (Å²) in [6, 6.07) is 24.2. The Balaban J connectivity index is 0.00000136. The van der Waals surface area contributed by atoms with Gasteiger partial charge in [0.2, 0.25) is 0 Å². The van der Waals surface area contributed by atoms with Crippen molar-refractivity contribution in [3.8, 4) is 45.8 Å². The molecule has 0 aliphatic rings. The van der Waals surface area contributed by atoms with Crippen molar-refractivity contribution < 1.29 is 24.1 Å². The lowest BCUT2D eigenvalue weighted by molar-refractivity contribution is 0.192. The second kappa shape index (κ2) is 50.4. The molecule has 2 aromatic carbocycles. The molecule has 0 aliphatic heterocycles. The number of phenolic OH excluding ortho intramolecular Hbond substituents is 1. The number of aromatic hydroxyl groups is 1. The number of aromatic nitrogens is 4. The molecule has 86 heavy (non-hydrogen) atoms. The number of hydrogen-bond acceptors (Lipinski definition) is 9. The number of phenols is 1. The van der Waals surface area contributed by atoms with Crippen LogP contribution in [0.1, 0.15) is 208 Å². The summed E-state index contributed by atoms with van der Waals surface area (Å²) in [7, 11) is -1.75. The molecule has 0 aliphatic carbocycles. The van der Waals surface area contributed by atoms with E-state index in [4.69, 9.17) is 18.9 Å². The molecule has 1 N–H and O–H groups in total. The van der Waals surface area contributed by atoms with Crippen LogP contribution >= 0.6 is 0 Å². The smallest absolute Gasteiger partial charge is 0.159 e. The van der Waals surface area contributed by atoms with Crippen LogP contribution in [-0.2, 0) is 4.74 Å². The Morgan fingerprint density at radius 1 is 0.326 bits per heavy atom. The summed E-state index contributed by atoms with van der Waals surface area (Å²) >= 11 is 0. The number of methoxy groups -OCH3 is 1. The first kappa shape index (κ1) is 82.6. The molecular formula is C73H136N4O5Si4. The zero-order chi connectivity index (χ0) is 61.6. The molecule has 0 amide bonds. The summed E-state index contributed by atoms with van der Waals surface area (Å²) in [4.78, 5) is 17.7. The van der Waals surface area contributed by atoms with Crippen LogP contribution in [0, 0.1) is 0 Å². The number of rotatable bonds is 47. The van der Waals surface area contributed by atoms with E-state index in [9.17, 15) is 5.11 Å². The number of hydrogen-bond donors (Lipinski definition) is 1. The van der Waals surface area contributed by atoms with Crippen LogP contribution in [0.25, 0.3) is 22.8 Å². The van der Waals surface area contributed by atoms with Gasteiger partial charge in [0.15, 0.2) is 23.1 Å². The van der Waals surface area contributed by atoms with Crippen LogP contribution in [0.15, 0.2) is 73.3 Å². The average Bonchev–Trinajstić information content (AvgIpc) is 2.74. The molecule has 13 heteroatoms. The van der Waals surface area contributed by atoms with Gasteiger partial charge in [0.05, 0.1) is 44.6 Å². The number of benzene rings is 2. The van der Waals surface area contributed by atoms with E-state index >= 15 is 0 Å². The van der Waals surface area contributed by atoms with Crippen molar-refractivity contribution in [2.45, 2.75) is 310 Å². The highest BCUT2D eigenvalue weighted by molar-refractivity contribution is 6.82. The van der Waals surface area contributed by atoms with Crippen LogP contribution in [0.2, 0.25) is 102 Å². The fourth-order valence-corrected chi connectivity index (χ4v) is 24.4. The van der Waals surface area contributed by atoms with Gasteiger partial charge in [0.25, 0.3) is 0 Å². The third-order valence-electron chi connectivity index (χ3n) is 16.1. The van der Waals surface area contributed by atoms with Crippen LogP contribution in [0.5, 0.6) is 23.0 Å². The lowest BCUT2D eigenvalue weighted by Gasteiger charge is -2.26. The van der Waals surface area contributed by atoms with Crippen molar-refractivity contribution in [1.82, 2.24) is 19.9 Å². The minimum absolute atomic E-state index is 0. The van der Waals surface area contributed by atoms with Gasteiger partial charge >= 0.3 is 0 Å². The molecule has 0 unspecified atom stereocenters. The van der Waals surface area contributed by atoms with Crippen LogP contribution in [0.3, 0.4) is 0 Å². The summed E-state index contributed by atoms with van der Waals surface area (Å²) in [5.41, 5.74) is 1.88. The molecule has 4 rings (SSSR count). The summed E-state index contributed by atoms with van der Waals surface area (Å²) in [6.07, 6.45) is 44.0. The van der Waals surface area contributed by atoms with Crippen molar-refractivity contribution in [2.24, 2.45) is 0 Å². The molecular weight excluding hydrogens is 1130 g/mol. The van der Waals surface area contributed by atoms with Gasteiger partial charge in [-0.3, -0.25) is 0 Å². The number of unbranched alkanes of at least 4 members (excludes halogenated alkanes) is 24. The topological polar surface area (TPSA) is 109 Å². The van der Waals surface area contributed by atoms with Gasteiger partial charge in [-0.25, -0.2) is 19.9 Å². The first-order chi connectivity index (χ1) is 40.2. The Morgan fingerprint density at radius 2 is 0.605 bits per heavy atom. The molecule has 0 saturated heterocycles. The maximum absolute atomic E-state index is 9.30. The van der Waals surface area contributed by atoms with E-state index in [-0.39, 0.29) is 20.6 Å². The standard InChI is InChI=1S/C35H62N2O2Si2.C20H28N2O2.C16H38OSi2.2CH4/c1-7-8-9-10-11-12-15-19-26-39-34-30-36-35(37-31-34)32-21-23-33(24-22-32)38-25-18-16-13-14-17-20-27-41(5,6)29-28-40(2,3)4;1-2-3-4-5-6-7-8-9-14-24-19-15-21-20(22-16-19)17-10-12-18(23)13-11-17;1-17-13-11-9-7-8-10-12-14-19(5,6)16-15-18(2,3)4;;/h21-24,30-31H,7-20,25-29H2,1-6H3;10-13,15-16,23H,2-9,14H2,1H3;7-16H2,1-6H3;2*1H4. The Labute approximate surface area is 536 Å². The van der Waals surface area contributed by atoms with E-state index in [1.165, 1.54) is 179 Å². The molecule has 0 bridgehead atoms. The monoisotopic (exact) mass is 1260 g/mol. The normalized spacial score (nSPS) is 11.6. The molecule has 2 aromatic heterocycles. The highest BCUT2D eigenvalue weighted by Gasteiger charge is 2.25. The largest absolute Gasteiger partial charge is 0.508 e. The summed E-state index contributed by atoms with van der Waals surface area (Å²) in [6.45, 7) is 33.2. The quantitative estimate of drug-likeness (QED) is 0.0342. The molecule has 0 atom stereocenters. The lowest BCUT2D eigenvalue weighted by atomic mass is 10.1. The molecule has 9 nitrogen and oxygen atoms in total. The minimum Gasteiger partial charge on any atom is -0.508 e. The van der Waals surface area contributed by atoms with Crippen molar-refractivity contribution in [1.29, 1.82) is 0 Å². The van der Waals surface area contributed by atoms with Gasteiger partial charge in [0.1, 0.15) is 11.5 Å². The Hall–Kier alpha value is -3.37. The van der Waals surface area contributed by atoms with Gasteiger partial charge in [-0.15, -0.1) is 0 Å². The number of ether oxygens (including phenoxy) is 4. The first-order valence-corrected chi connectivity index (χ1v) is 48.4. The SMILES string of the molecule is C.C.CCCCCCCCCCOc1cnc(-c2ccc(O)cc2)nc1.CCCCCCCCCCOc1cnc(-c2ccc(OCCCCCCCC[Si](C)(C)CC[Si](C)(C)C)cc2)nc1.COCCCCCCCC[Si](C)(C)CC[Si](C)(C)C. The van der Waals surface area contributed by atoms with Crippen molar-refractivity contribution in [3.05, 3.63) is 73.3 Å². The maximum atomic E-state index is 9.30. The molecule has 0 fully saturated rings. The predicted octanol–water partition coefficient (Wildman–Crippen LogP) is 24.1. The molecule has 4 aromatic rings. The summed E-state index contributed by atoms with van der Waals surface area (Å²) in [5.74, 6) is 3.97. The van der Waals surface area contributed by atoms with Gasteiger partial charge in [-0.1, -0.05) is 285 Å². The fraction of sp³-hybridized carbons (Fsp3) is 0.726. The van der Waals surface area contributed by atoms with E-state index < -0.39 is 32.3 Å². The van der Waals surface area contributed by atoms with Crippen molar-refractivity contribution >= 4 is 32.3 Å². The number of nitrogens with zero attached hydrogens (tertiary/aromatic N) is 4. The van der Waals surface area contributed by atoms with Gasteiger partial charge in [0, 0.05) is 57.1 Å². The Kier molecular flexibility index (Phi) is 48.4. The molecule has 0 spiro atoms. The zero-order valence-electron chi connectivity index (χ0n) is 56.7. The van der Waals surface area contributed by atoms with Gasteiger partial charge in [-0.05, 0) is 74.2 Å². The van der Waals surface area contributed by atoms with Crippen LogP contribution in [0.4, 0.5) is 0 Å². The molecule has 2 heterocycles. The van der Waals surface area contributed by atoms with Crippen LogP contribution < -0.4 is 14.2 Å². The van der Waals surface area contributed by atoms with Gasteiger partial charge in [-0.2, -0.15) is 0 Å². The van der Waals surface area contributed by atoms with E-state index in [0.29, 0.717) is 11.6 Å². The predicted molar refractivity (Wildman–Crippen MR) is 390 cm³/mol. The highest BCUT2D eigenvalue weighted by Crippen LogP contribution is 2.28. The second-order valence-corrected chi connectivity index (χ2v) is 50.1. The van der Waals surface area contributed by atoms with Gasteiger partial charge < -0.3 is 24.1 Å². The van der Waals surface area contributed by atoms with E-state index in [1.54, 1.807) is 74.3 Å².